The quantitative estimate of drug-likeness (QED) is 0.768. The number of hydrogen-bond donors (Lipinski definition) is 2. The fourth-order valence-corrected chi connectivity index (χ4v) is 1.27. The van der Waals surface area contributed by atoms with Crippen LogP contribution in [0, 0.1) is 6.92 Å². The summed E-state index contributed by atoms with van der Waals surface area (Å²) in [5.74, 6) is -1.04. The van der Waals surface area contributed by atoms with E-state index in [4.69, 9.17) is 16.7 Å². The van der Waals surface area contributed by atoms with Crippen molar-refractivity contribution >= 4 is 17.6 Å². The molecule has 2 N–H and O–H groups in total. The number of aliphatic carboxylic acids is 1. The fraction of sp³-hybridized carbons (Fsp3) is 0.222. The molecule has 3 nitrogen and oxygen atoms in total. The molecule has 1 rings (SSSR count). The van der Waals surface area contributed by atoms with E-state index >= 15 is 0 Å². The molecule has 1 aromatic rings. The van der Waals surface area contributed by atoms with Crippen molar-refractivity contribution in [1.82, 2.24) is 0 Å². The van der Waals surface area contributed by atoms with Crippen molar-refractivity contribution in [1.29, 1.82) is 0 Å². The second-order valence-electron chi connectivity index (χ2n) is 2.76. The maximum Gasteiger partial charge on any atom is 0.308 e. The number of rotatable bonds is 2. The highest BCUT2D eigenvalue weighted by Gasteiger charge is 2.12. The Morgan fingerprint density at radius 1 is 1.54 bits per heavy atom. The molecule has 0 fully saturated rings. The van der Waals surface area contributed by atoms with Crippen LogP contribution in [0.25, 0.3) is 0 Å². The van der Waals surface area contributed by atoms with Crippen molar-refractivity contribution in [3.63, 3.8) is 0 Å². The maximum atomic E-state index is 10.4. The fourth-order valence-electron chi connectivity index (χ4n) is 1.05. The first-order chi connectivity index (χ1) is 6.02. The average molecular weight is 201 g/mol. The Bertz CT molecular complexity index is 347. The van der Waals surface area contributed by atoms with Crippen molar-refractivity contribution in [2.24, 2.45) is 0 Å². The number of carbonyl (C=O) groups is 1. The van der Waals surface area contributed by atoms with Crippen LogP contribution in [0.5, 0.6) is 5.75 Å². The Morgan fingerprint density at radius 3 is 2.69 bits per heavy atom. The largest absolute Gasteiger partial charge is 0.507 e. The molecule has 0 aromatic heterocycles. The highest BCUT2D eigenvalue weighted by Crippen LogP contribution is 2.29. The smallest absolute Gasteiger partial charge is 0.308 e. The number of carboxylic acid groups (broad SMARTS) is 1. The van der Waals surface area contributed by atoms with E-state index in [0.717, 1.165) is 0 Å². The Kier molecular flexibility index (Phi) is 2.78. The van der Waals surface area contributed by atoms with Crippen LogP contribution in [-0.4, -0.2) is 16.2 Å². The summed E-state index contributed by atoms with van der Waals surface area (Å²) in [4.78, 5) is 10.4. The van der Waals surface area contributed by atoms with Gasteiger partial charge in [0.15, 0.2) is 0 Å². The van der Waals surface area contributed by atoms with Crippen LogP contribution < -0.4 is 0 Å². The van der Waals surface area contributed by atoms with Crippen LogP contribution in [0.2, 0.25) is 5.02 Å². The predicted molar refractivity (Wildman–Crippen MR) is 49.2 cm³/mol. The minimum absolute atomic E-state index is 0.0325. The minimum atomic E-state index is -1.01. The van der Waals surface area contributed by atoms with Gasteiger partial charge >= 0.3 is 5.97 Å². The van der Waals surface area contributed by atoms with Crippen LogP contribution in [0.15, 0.2) is 12.1 Å². The first-order valence-electron chi connectivity index (χ1n) is 3.71. The zero-order valence-electron chi connectivity index (χ0n) is 7.04. The molecular weight excluding hydrogens is 192 g/mol. The van der Waals surface area contributed by atoms with E-state index in [1.54, 1.807) is 19.1 Å². The normalized spacial score (nSPS) is 10.0. The summed E-state index contributed by atoms with van der Waals surface area (Å²) >= 11 is 5.72. The number of benzene rings is 1. The topological polar surface area (TPSA) is 57.5 Å². The van der Waals surface area contributed by atoms with E-state index < -0.39 is 5.97 Å². The van der Waals surface area contributed by atoms with Gasteiger partial charge in [-0.3, -0.25) is 4.79 Å². The van der Waals surface area contributed by atoms with E-state index in [1.807, 2.05) is 0 Å². The number of carboxylic acids is 1. The molecule has 0 atom stereocenters. The van der Waals surface area contributed by atoms with Gasteiger partial charge in [-0.2, -0.15) is 0 Å². The third-order valence-corrected chi connectivity index (χ3v) is 2.11. The molecule has 0 heterocycles. The zero-order valence-corrected chi connectivity index (χ0v) is 7.80. The second kappa shape index (κ2) is 3.66. The van der Waals surface area contributed by atoms with E-state index in [9.17, 15) is 9.90 Å². The van der Waals surface area contributed by atoms with Crippen LogP contribution in [0.3, 0.4) is 0 Å². The summed E-state index contributed by atoms with van der Waals surface area (Å²) in [5.41, 5.74) is 0.898. The molecule has 0 aliphatic rings. The number of halogens is 1. The molecule has 70 valence electrons. The molecule has 0 bridgehead atoms. The molecule has 0 aliphatic heterocycles. The average Bonchev–Trinajstić information content (AvgIpc) is 2.05. The molecule has 0 spiro atoms. The SMILES string of the molecule is Cc1ccc(Cl)c(CC(=O)O)c1O. The number of aryl methyl sites for hydroxylation is 1. The van der Waals surface area contributed by atoms with Gasteiger partial charge in [0.1, 0.15) is 5.75 Å². The first kappa shape index (κ1) is 9.86. The Labute approximate surface area is 80.6 Å². The van der Waals surface area contributed by atoms with Gasteiger partial charge in [-0.15, -0.1) is 0 Å². The summed E-state index contributed by atoms with van der Waals surface area (Å²) in [6.45, 7) is 1.69. The van der Waals surface area contributed by atoms with Gasteiger partial charge in [-0.1, -0.05) is 17.7 Å². The van der Waals surface area contributed by atoms with Gasteiger partial charge < -0.3 is 10.2 Å². The van der Waals surface area contributed by atoms with Crippen molar-refractivity contribution in [3.8, 4) is 5.75 Å². The molecular formula is C9H9ClO3. The molecule has 0 saturated carbocycles. The number of phenolic OH excluding ortho intramolecular Hbond substituents is 1. The van der Waals surface area contributed by atoms with E-state index in [-0.39, 0.29) is 22.8 Å². The van der Waals surface area contributed by atoms with Gasteiger partial charge in [-0.05, 0) is 18.6 Å². The maximum absolute atomic E-state index is 10.4. The van der Waals surface area contributed by atoms with Gasteiger partial charge in [0, 0.05) is 10.6 Å². The molecule has 0 aliphatic carbocycles. The van der Waals surface area contributed by atoms with Crippen molar-refractivity contribution in [2.75, 3.05) is 0 Å². The standard InChI is InChI=1S/C9H9ClO3/c1-5-2-3-7(10)6(9(5)13)4-8(11)12/h2-3,13H,4H2,1H3,(H,11,12). The molecule has 4 heteroatoms. The molecule has 0 saturated heterocycles. The second-order valence-corrected chi connectivity index (χ2v) is 3.17. The van der Waals surface area contributed by atoms with E-state index in [0.29, 0.717) is 5.56 Å². The first-order valence-corrected chi connectivity index (χ1v) is 4.09. The number of phenols is 1. The minimum Gasteiger partial charge on any atom is -0.507 e. The third-order valence-electron chi connectivity index (χ3n) is 1.76. The Balaban J connectivity index is 3.17. The van der Waals surface area contributed by atoms with Crippen molar-refractivity contribution in [2.45, 2.75) is 13.3 Å². The lowest BCUT2D eigenvalue weighted by Crippen LogP contribution is -2.01. The van der Waals surface area contributed by atoms with E-state index in [2.05, 4.69) is 0 Å². The monoisotopic (exact) mass is 200 g/mol. The van der Waals surface area contributed by atoms with Crippen LogP contribution >= 0.6 is 11.6 Å². The Morgan fingerprint density at radius 2 is 2.15 bits per heavy atom. The van der Waals surface area contributed by atoms with Gasteiger partial charge in [0.25, 0.3) is 0 Å². The summed E-state index contributed by atoms with van der Waals surface area (Å²) in [5, 5.41) is 18.3. The highest BCUT2D eigenvalue weighted by molar-refractivity contribution is 6.31. The van der Waals surface area contributed by atoms with Crippen LogP contribution in [0.1, 0.15) is 11.1 Å². The van der Waals surface area contributed by atoms with Crippen LogP contribution in [-0.2, 0) is 11.2 Å². The van der Waals surface area contributed by atoms with Crippen molar-refractivity contribution in [3.05, 3.63) is 28.3 Å². The number of aromatic hydroxyl groups is 1. The summed E-state index contributed by atoms with van der Waals surface area (Å²) in [7, 11) is 0. The third kappa shape index (κ3) is 2.12. The summed E-state index contributed by atoms with van der Waals surface area (Å²) in [6, 6.07) is 3.22. The van der Waals surface area contributed by atoms with Gasteiger partial charge in [0.05, 0.1) is 6.42 Å². The number of hydrogen-bond acceptors (Lipinski definition) is 2. The lowest BCUT2D eigenvalue weighted by Gasteiger charge is -2.06. The lowest BCUT2D eigenvalue weighted by atomic mass is 10.1. The van der Waals surface area contributed by atoms with Crippen LogP contribution in [0.4, 0.5) is 0 Å². The lowest BCUT2D eigenvalue weighted by molar-refractivity contribution is -0.136. The van der Waals surface area contributed by atoms with Crippen molar-refractivity contribution < 1.29 is 15.0 Å². The molecule has 13 heavy (non-hydrogen) atoms. The summed E-state index contributed by atoms with van der Waals surface area (Å²) < 4.78 is 0. The van der Waals surface area contributed by atoms with Gasteiger partial charge in [-0.25, -0.2) is 0 Å². The Hall–Kier alpha value is -1.22. The summed E-state index contributed by atoms with van der Waals surface area (Å²) in [6.07, 6.45) is -0.258. The highest BCUT2D eigenvalue weighted by atomic mass is 35.5. The molecule has 1 aromatic carbocycles. The molecule has 0 amide bonds. The van der Waals surface area contributed by atoms with E-state index in [1.165, 1.54) is 0 Å². The zero-order chi connectivity index (χ0) is 10.0. The van der Waals surface area contributed by atoms with Gasteiger partial charge in [0.2, 0.25) is 0 Å². The molecule has 0 unspecified atom stereocenters. The molecule has 0 radical (unpaired) electrons. The predicted octanol–water partition coefficient (Wildman–Crippen LogP) is 1.98.